The van der Waals surface area contributed by atoms with E-state index in [9.17, 15) is 5.26 Å². The van der Waals surface area contributed by atoms with Gasteiger partial charge < -0.3 is 9.14 Å². The molecule has 0 radical (unpaired) electrons. The van der Waals surface area contributed by atoms with Crippen LogP contribution in [-0.2, 0) is 5.75 Å². The minimum atomic E-state index is 0.605. The monoisotopic (exact) mass is 437 g/mol. The van der Waals surface area contributed by atoms with Gasteiger partial charge in [-0.3, -0.25) is 4.57 Å². The first-order valence-electron chi connectivity index (χ1n) is 10.0. The lowest BCUT2D eigenvalue weighted by molar-refractivity contribution is 0.415. The van der Waals surface area contributed by atoms with Gasteiger partial charge in [-0.15, -0.1) is 10.2 Å². The van der Waals surface area contributed by atoms with Crippen molar-refractivity contribution in [1.29, 1.82) is 5.26 Å². The van der Waals surface area contributed by atoms with E-state index in [4.69, 9.17) is 4.74 Å². The van der Waals surface area contributed by atoms with Gasteiger partial charge in [0.2, 0.25) is 0 Å². The highest BCUT2D eigenvalue weighted by molar-refractivity contribution is 7.98. The van der Waals surface area contributed by atoms with Crippen LogP contribution in [0.1, 0.15) is 11.1 Å². The number of pyridine rings is 1. The highest BCUT2D eigenvalue weighted by Crippen LogP contribution is 2.32. The van der Waals surface area contributed by atoms with E-state index in [-0.39, 0.29) is 0 Å². The van der Waals surface area contributed by atoms with E-state index < -0.39 is 0 Å². The zero-order chi connectivity index (χ0) is 21.9. The van der Waals surface area contributed by atoms with Gasteiger partial charge in [-0.1, -0.05) is 48.2 Å². The second kappa shape index (κ2) is 8.61. The molecule has 32 heavy (non-hydrogen) atoms. The molecule has 3 aromatic heterocycles. The van der Waals surface area contributed by atoms with E-state index in [1.165, 1.54) is 0 Å². The largest absolute Gasteiger partial charge is 0.497 e. The van der Waals surface area contributed by atoms with Crippen LogP contribution in [-0.4, -0.2) is 26.3 Å². The fourth-order valence-electron chi connectivity index (χ4n) is 3.68. The fraction of sp³-hybridized carbons (Fsp3) is 0.0800. The number of methoxy groups -OCH3 is 1. The predicted octanol–water partition coefficient (Wildman–Crippen LogP) is 5.36. The molecule has 0 saturated heterocycles. The lowest BCUT2D eigenvalue weighted by Crippen LogP contribution is -2.00. The van der Waals surface area contributed by atoms with E-state index in [1.807, 2.05) is 94.2 Å². The summed E-state index contributed by atoms with van der Waals surface area (Å²) in [6.45, 7) is 0. The molecule has 2 aromatic carbocycles. The smallest absolute Gasteiger partial charge is 0.196 e. The summed E-state index contributed by atoms with van der Waals surface area (Å²) >= 11 is 1.56. The number of benzene rings is 2. The van der Waals surface area contributed by atoms with Gasteiger partial charge in [-0.05, 0) is 42.0 Å². The zero-order valence-electron chi connectivity index (χ0n) is 17.3. The number of fused-ring (bicyclic) bond motifs is 1. The Hall–Kier alpha value is -4.02. The van der Waals surface area contributed by atoms with Crippen LogP contribution in [0, 0.1) is 11.3 Å². The first-order valence-corrected chi connectivity index (χ1v) is 11.0. The third kappa shape index (κ3) is 3.61. The van der Waals surface area contributed by atoms with Gasteiger partial charge in [0.25, 0.3) is 0 Å². The van der Waals surface area contributed by atoms with Gasteiger partial charge in [0.15, 0.2) is 11.0 Å². The predicted molar refractivity (Wildman–Crippen MR) is 125 cm³/mol. The standard InChI is InChI=1S/C25H19N5OS/c1-31-21-11-7-8-18(14-21)24-27-28-25(30(24)20-9-3-2-4-10-20)32-17-19-16-29-13-6-5-12-23(29)22(19)15-26/h2-14,16H,17H2,1H3. The highest BCUT2D eigenvalue weighted by atomic mass is 32.2. The van der Waals surface area contributed by atoms with Gasteiger partial charge in [0, 0.05) is 29.4 Å². The molecule has 0 unspecified atom stereocenters. The van der Waals surface area contributed by atoms with Gasteiger partial charge >= 0.3 is 0 Å². The maximum atomic E-state index is 9.72. The van der Waals surface area contributed by atoms with Crippen molar-refractivity contribution in [2.24, 2.45) is 0 Å². The number of rotatable bonds is 6. The van der Waals surface area contributed by atoms with E-state index in [0.29, 0.717) is 11.3 Å². The van der Waals surface area contributed by atoms with Gasteiger partial charge in [-0.2, -0.15) is 5.26 Å². The molecule has 0 aliphatic heterocycles. The number of thioether (sulfide) groups is 1. The molecule has 7 heteroatoms. The summed E-state index contributed by atoms with van der Waals surface area (Å²) in [4.78, 5) is 0. The van der Waals surface area contributed by atoms with Crippen molar-refractivity contribution in [3.05, 3.63) is 96.3 Å². The minimum Gasteiger partial charge on any atom is -0.497 e. The molecule has 0 atom stereocenters. The number of ether oxygens (including phenoxy) is 1. The Balaban J connectivity index is 1.55. The van der Waals surface area contributed by atoms with Crippen molar-refractivity contribution in [2.75, 3.05) is 7.11 Å². The van der Waals surface area contributed by atoms with Crippen molar-refractivity contribution in [2.45, 2.75) is 10.9 Å². The van der Waals surface area contributed by atoms with Gasteiger partial charge in [0.1, 0.15) is 11.8 Å². The van der Waals surface area contributed by atoms with Crippen LogP contribution in [0.5, 0.6) is 5.75 Å². The average Bonchev–Trinajstić information content (AvgIpc) is 3.44. The lowest BCUT2D eigenvalue weighted by Gasteiger charge is -2.11. The van der Waals surface area contributed by atoms with Crippen molar-refractivity contribution < 1.29 is 4.74 Å². The molecular weight excluding hydrogens is 418 g/mol. The minimum absolute atomic E-state index is 0.605. The Kier molecular flexibility index (Phi) is 5.36. The molecule has 0 saturated carbocycles. The number of nitrogens with zero attached hydrogens (tertiary/aromatic N) is 5. The molecule has 0 N–H and O–H groups in total. The van der Waals surface area contributed by atoms with Crippen LogP contribution in [0.4, 0.5) is 0 Å². The molecule has 3 heterocycles. The van der Waals surface area contributed by atoms with E-state index >= 15 is 0 Å². The molecule has 5 aromatic rings. The summed E-state index contributed by atoms with van der Waals surface area (Å²) in [5.41, 5.74) is 4.46. The average molecular weight is 438 g/mol. The summed E-state index contributed by atoms with van der Waals surface area (Å²) < 4.78 is 9.42. The summed E-state index contributed by atoms with van der Waals surface area (Å²) in [5, 5.41) is 19.5. The summed E-state index contributed by atoms with van der Waals surface area (Å²) in [5.74, 6) is 2.10. The zero-order valence-corrected chi connectivity index (χ0v) is 18.2. The van der Waals surface area contributed by atoms with Crippen molar-refractivity contribution in [3.8, 4) is 28.9 Å². The van der Waals surface area contributed by atoms with Crippen molar-refractivity contribution >= 4 is 17.3 Å². The number of hydrogen-bond donors (Lipinski definition) is 0. The third-order valence-corrected chi connectivity index (χ3v) is 6.18. The molecule has 0 bridgehead atoms. The molecule has 0 fully saturated rings. The van der Waals surface area contributed by atoms with Gasteiger partial charge in [-0.25, -0.2) is 0 Å². The molecule has 0 aliphatic rings. The van der Waals surface area contributed by atoms with Crippen LogP contribution in [0.2, 0.25) is 0 Å². The number of aromatic nitrogens is 4. The van der Waals surface area contributed by atoms with Crippen LogP contribution in [0.25, 0.3) is 22.6 Å². The van der Waals surface area contributed by atoms with Crippen molar-refractivity contribution in [3.63, 3.8) is 0 Å². The highest BCUT2D eigenvalue weighted by Gasteiger charge is 2.18. The first-order chi connectivity index (χ1) is 15.8. The lowest BCUT2D eigenvalue weighted by atomic mass is 10.2. The molecule has 0 aliphatic carbocycles. The number of para-hydroxylation sites is 1. The van der Waals surface area contributed by atoms with Crippen LogP contribution in [0.3, 0.4) is 0 Å². The summed E-state index contributed by atoms with van der Waals surface area (Å²) in [6.07, 6.45) is 3.96. The molecular formula is C25H19N5OS. The van der Waals surface area contributed by atoms with Gasteiger partial charge in [0.05, 0.1) is 18.2 Å². The molecule has 156 valence electrons. The molecule has 5 rings (SSSR count). The second-order valence-electron chi connectivity index (χ2n) is 7.13. The fourth-order valence-corrected chi connectivity index (χ4v) is 4.60. The number of nitriles is 1. The molecule has 0 amide bonds. The SMILES string of the molecule is COc1cccc(-c2nnc(SCc3cn4ccccc4c3C#N)n2-c2ccccc2)c1. The maximum Gasteiger partial charge on any atom is 0.196 e. The van der Waals surface area contributed by atoms with Crippen LogP contribution in [0.15, 0.2) is 90.3 Å². The second-order valence-corrected chi connectivity index (χ2v) is 8.07. The quantitative estimate of drug-likeness (QED) is 0.335. The Morgan fingerprint density at radius 1 is 1.00 bits per heavy atom. The molecule has 6 nitrogen and oxygen atoms in total. The summed E-state index contributed by atoms with van der Waals surface area (Å²) in [6, 6.07) is 26.0. The topological polar surface area (TPSA) is 68.1 Å². The Labute approximate surface area is 189 Å². The Morgan fingerprint density at radius 2 is 1.84 bits per heavy atom. The van der Waals surface area contributed by atoms with E-state index in [0.717, 1.165) is 39.1 Å². The first kappa shape index (κ1) is 19.9. The van der Waals surface area contributed by atoms with E-state index in [1.54, 1.807) is 18.9 Å². The van der Waals surface area contributed by atoms with E-state index in [2.05, 4.69) is 16.3 Å². The Bertz CT molecular complexity index is 1430. The van der Waals surface area contributed by atoms with Crippen LogP contribution >= 0.6 is 11.8 Å². The Morgan fingerprint density at radius 3 is 2.66 bits per heavy atom. The summed E-state index contributed by atoms with van der Waals surface area (Å²) in [7, 11) is 1.65. The molecule has 0 spiro atoms. The van der Waals surface area contributed by atoms with Crippen LogP contribution < -0.4 is 4.74 Å². The third-order valence-electron chi connectivity index (χ3n) is 5.21. The number of hydrogen-bond acceptors (Lipinski definition) is 5. The van der Waals surface area contributed by atoms with Crippen molar-refractivity contribution in [1.82, 2.24) is 19.2 Å². The maximum absolute atomic E-state index is 9.72. The normalized spacial score (nSPS) is 10.9.